The van der Waals surface area contributed by atoms with E-state index in [-0.39, 0.29) is 11.9 Å². The summed E-state index contributed by atoms with van der Waals surface area (Å²) in [7, 11) is 0. The molecule has 0 atom stereocenters. The summed E-state index contributed by atoms with van der Waals surface area (Å²) in [4.78, 5) is 16.5. The van der Waals surface area contributed by atoms with E-state index < -0.39 is 0 Å². The number of carbonyl (C=O) groups is 1. The van der Waals surface area contributed by atoms with Crippen molar-refractivity contribution in [3.05, 3.63) is 29.3 Å². The van der Waals surface area contributed by atoms with Crippen molar-refractivity contribution in [1.82, 2.24) is 4.98 Å². The van der Waals surface area contributed by atoms with Crippen LogP contribution in [0.4, 0.5) is 10.8 Å². The van der Waals surface area contributed by atoms with Gasteiger partial charge in [0.15, 0.2) is 16.6 Å². The third-order valence-electron chi connectivity index (χ3n) is 2.95. The van der Waals surface area contributed by atoms with Crippen LogP contribution in [0.1, 0.15) is 24.3 Å². The summed E-state index contributed by atoms with van der Waals surface area (Å²) >= 11 is 1.41. The fraction of sp³-hybridized carbons (Fsp3) is 0.333. The summed E-state index contributed by atoms with van der Waals surface area (Å²) in [5, 5.41) is 8.47. The molecule has 7 heteroatoms. The molecule has 1 aromatic carbocycles. The number of ether oxygens (including phenoxy) is 2. The summed E-state index contributed by atoms with van der Waals surface area (Å²) in [5.41, 5.74) is 1.05. The highest BCUT2D eigenvalue weighted by Crippen LogP contribution is 2.32. The van der Waals surface area contributed by atoms with Crippen molar-refractivity contribution >= 4 is 28.1 Å². The molecule has 0 aliphatic carbocycles. The van der Waals surface area contributed by atoms with E-state index in [1.807, 2.05) is 13.8 Å². The SMILES string of the molecule is CC(C)Nc1nc(C(=O)Nc2ccc3c(c2)OCCO3)cs1. The van der Waals surface area contributed by atoms with Crippen molar-refractivity contribution in [2.45, 2.75) is 19.9 Å². The van der Waals surface area contributed by atoms with Crippen LogP contribution in [-0.4, -0.2) is 30.1 Å². The van der Waals surface area contributed by atoms with Gasteiger partial charge >= 0.3 is 0 Å². The first-order valence-electron chi connectivity index (χ1n) is 7.05. The standard InChI is InChI=1S/C15H17N3O3S/c1-9(2)16-15-18-11(8-22-15)14(19)17-10-3-4-12-13(7-10)21-6-5-20-12/h3-4,7-9H,5-6H2,1-2H3,(H,16,18)(H,17,19). The number of nitrogens with zero attached hydrogens (tertiary/aromatic N) is 1. The number of anilines is 2. The molecule has 22 heavy (non-hydrogen) atoms. The van der Waals surface area contributed by atoms with Gasteiger partial charge in [-0.25, -0.2) is 4.98 Å². The molecule has 0 bridgehead atoms. The van der Waals surface area contributed by atoms with Crippen LogP contribution in [0, 0.1) is 0 Å². The van der Waals surface area contributed by atoms with Gasteiger partial charge in [0.1, 0.15) is 18.9 Å². The topological polar surface area (TPSA) is 72.5 Å². The summed E-state index contributed by atoms with van der Waals surface area (Å²) in [6.45, 7) is 5.11. The van der Waals surface area contributed by atoms with Gasteiger partial charge < -0.3 is 20.1 Å². The molecule has 0 unspecified atom stereocenters. The molecule has 2 N–H and O–H groups in total. The van der Waals surface area contributed by atoms with E-state index >= 15 is 0 Å². The van der Waals surface area contributed by atoms with Crippen LogP contribution in [-0.2, 0) is 0 Å². The highest BCUT2D eigenvalue weighted by molar-refractivity contribution is 7.13. The zero-order valence-electron chi connectivity index (χ0n) is 12.4. The number of fused-ring (bicyclic) bond motifs is 1. The fourth-order valence-electron chi connectivity index (χ4n) is 2.01. The maximum atomic E-state index is 12.2. The molecule has 2 aromatic rings. The van der Waals surface area contributed by atoms with Gasteiger partial charge in [-0.1, -0.05) is 0 Å². The van der Waals surface area contributed by atoms with Gasteiger partial charge in [-0.2, -0.15) is 0 Å². The number of amides is 1. The lowest BCUT2D eigenvalue weighted by molar-refractivity contribution is 0.102. The van der Waals surface area contributed by atoms with Crippen LogP contribution in [0.3, 0.4) is 0 Å². The number of thiazole rings is 1. The van der Waals surface area contributed by atoms with E-state index in [0.717, 1.165) is 5.13 Å². The van der Waals surface area contributed by atoms with Gasteiger partial charge in [-0.05, 0) is 26.0 Å². The Morgan fingerprint density at radius 2 is 2.05 bits per heavy atom. The van der Waals surface area contributed by atoms with Gasteiger partial charge in [0, 0.05) is 23.2 Å². The van der Waals surface area contributed by atoms with Crippen molar-refractivity contribution in [3.8, 4) is 11.5 Å². The summed E-state index contributed by atoms with van der Waals surface area (Å²) in [6, 6.07) is 5.61. The Bertz CT molecular complexity index is 684. The van der Waals surface area contributed by atoms with Crippen LogP contribution < -0.4 is 20.1 Å². The maximum absolute atomic E-state index is 12.2. The van der Waals surface area contributed by atoms with Crippen LogP contribution >= 0.6 is 11.3 Å². The average molecular weight is 319 g/mol. The second-order valence-electron chi connectivity index (χ2n) is 5.15. The lowest BCUT2D eigenvalue weighted by Gasteiger charge is -2.18. The van der Waals surface area contributed by atoms with Crippen molar-refractivity contribution in [3.63, 3.8) is 0 Å². The van der Waals surface area contributed by atoms with Crippen LogP contribution in [0.5, 0.6) is 11.5 Å². The van der Waals surface area contributed by atoms with Crippen LogP contribution in [0.15, 0.2) is 23.6 Å². The fourth-order valence-corrected chi connectivity index (χ4v) is 2.85. The second kappa shape index (κ2) is 6.23. The molecular weight excluding hydrogens is 302 g/mol. The Morgan fingerprint density at radius 1 is 1.27 bits per heavy atom. The van der Waals surface area contributed by atoms with Crippen LogP contribution in [0.2, 0.25) is 0 Å². The lowest BCUT2D eigenvalue weighted by Crippen LogP contribution is -2.16. The van der Waals surface area contributed by atoms with Crippen molar-refractivity contribution in [2.24, 2.45) is 0 Å². The molecular formula is C15H17N3O3S. The van der Waals surface area contributed by atoms with E-state index in [1.165, 1.54) is 11.3 Å². The van der Waals surface area contributed by atoms with Gasteiger partial charge in [0.2, 0.25) is 0 Å². The third-order valence-corrected chi connectivity index (χ3v) is 3.72. The highest BCUT2D eigenvalue weighted by atomic mass is 32.1. The van der Waals surface area contributed by atoms with Gasteiger partial charge in [-0.3, -0.25) is 4.79 Å². The van der Waals surface area contributed by atoms with Gasteiger partial charge in [-0.15, -0.1) is 11.3 Å². The van der Waals surface area contributed by atoms with E-state index in [9.17, 15) is 4.79 Å². The van der Waals surface area contributed by atoms with E-state index in [0.29, 0.717) is 36.1 Å². The van der Waals surface area contributed by atoms with E-state index in [4.69, 9.17) is 9.47 Å². The minimum Gasteiger partial charge on any atom is -0.486 e. The zero-order chi connectivity index (χ0) is 15.5. The van der Waals surface area contributed by atoms with Crippen molar-refractivity contribution in [2.75, 3.05) is 23.8 Å². The smallest absolute Gasteiger partial charge is 0.275 e. The molecule has 116 valence electrons. The van der Waals surface area contributed by atoms with E-state index in [2.05, 4.69) is 15.6 Å². The predicted molar refractivity (Wildman–Crippen MR) is 86.3 cm³/mol. The highest BCUT2D eigenvalue weighted by Gasteiger charge is 2.15. The number of hydrogen-bond donors (Lipinski definition) is 2. The summed E-state index contributed by atoms with van der Waals surface area (Å²) in [6.07, 6.45) is 0. The Balaban J connectivity index is 1.70. The molecule has 0 saturated carbocycles. The molecule has 0 fully saturated rings. The van der Waals surface area contributed by atoms with Crippen LogP contribution in [0.25, 0.3) is 0 Å². The first kappa shape index (κ1) is 14.6. The molecule has 2 heterocycles. The predicted octanol–water partition coefficient (Wildman–Crippen LogP) is 2.99. The normalized spacial score (nSPS) is 13.0. The molecule has 3 rings (SSSR count). The quantitative estimate of drug-likeness (QED) is 0.906. The summed E-state index contributed by atoms with van der Waals surface area (Å²) < 4.78 is 11.0. The number of benzene rings is 1. The first-order chi connectivity index (χ1) is 10.6. The Kier molecular flexibility index (Phi) is 4.15. The average Bonchev–Trinajstić information content (AvgIpc) is 2.95. The molecule has 1 amide bonds. The molecule has 0 spiro atoms. The number of nitrogens with one attached hydrogen (secondary N) is 2. The minimum absolute atomic E-state index is 0.246. The second-order valence-corrected chi connectivity index (χ2v) is 6.01. The maximum Gasteiger partial charge on any atom is 0.275 e. The Labute approximate surface area is 132 Å². The molecule has 1 aliphatic heterocycles. The van der Waals surface area contributed by atoms with Crippen molar-refractivity contribution < 1.29 is 14.3 Å². The van der Waals surface area contributed by atoms with Crippen molar-refractivity contribution in [1.29, 1.82) is 0 Å². The molecule has 0 saturated heterocycles. The lowest BCUT2D eigenvalue weighted by atomic mass is 10.2. The monoisotopic (exact) mass is 319 g/mol. The Hall–Kier alpha value is -2.28. The zero-order valence-corrected chi connectivity index (χ0v) is 13.2. The largest absolute Gasteiger partial charge is 0.486 e. The number of rotatable bonds is 4. The van der Waals surface area contributed by atoms with E-state index in [1.54, 1.807) is 23.6 Å². The first-order valence-corrected chi connectivity index (χ1v) is 7.93. The summed E-state index contributed by atoms with van der Waals surface area (Å²) in [5.74, 6) is 1.09. The third kappa shape index (κ3) is 3.30. The molecule has 6 nitrogen and oxygen atoms in total. The van der Waals surface area contributed by atoms with Gasteiger partial charge in [0.05, 0.1) is 0 Å². The molecule has 1 aromatic heterocycles. The Morgan fingerprint density at radius 3 is 2.82 bits per heavy atom. The molecule has 0 radical (unpaired) electrons. The number of hydrogen-bond acceptors (Lipinski definition) is 6. The number of aromatic nitrogens is 1. The molecule has 1 aliphatic rings. The minimum atomic E-state index is -0.246. The van der Waals surface area contributed by atoms with Gasteiger partial charge in [0.25, 0.3) is 5.91 Å². The number of carbonyl (C=O) groups excluding carboxylic acids is 1.